The second kappa shape index (κ2) is 11.4. The van der Waals surface area contributed by atoms with Crippen LogP contribution in [0.5, 0.6) is 17.2 Å². The summed E-state index contributed by atoms with van der Waals surface area (Å²) in [5, 5.41) is 3.24. The average Bonchev–Trinajstić information content (AvgIpc) is 2.86. The molecule has 0 saturated carbocycles. The van der Waals surface area contributed by atoms with Crippen LogP contribution in [-0.4, -0.2) is 82.2 Å². The number of amides is 2. The van der Waals surface area contributed by atoms with E-state index in [0.717, 1.165) is 18.7 Å². The Kier molecular flexibility index (Phi) is 8.33. The van der Waals surface area contributed by atoms with Crippen LogP contribution >= 0.6 is 0 Å². The van der Waals surface area contributed by atoms with Crippen molar-refractivity contribution in [2.75, 3.05) is 60.6 Å². The zero-order valence-electron chi connectivity index (χ0n) is 18.9. The molecule has 8 heteroatoms. The van der Waals surface area contributed by atoms with Gasteiger partial charge in [-0.25, -0.2) is 0 Å². The number of nitrogens with one attached hydrogen (secondary N) is 1. The normalized spacial score (nSPS) is 13.4. The summed E-state index contributed by atoms with van der Waals surface area (Å²) < 4.78 is 16.2. The average molecular weight is 442 g/mol. The van der Waals surface area contributed by atoms with Crippen molar-refractivity contribution in [1.29, 1.82) is 0 Å². The lowest BCUT2D eigenvalue weighted by Crippen LogP contribution is -2.50. The summed E-state index contributed by atoms with van der Waals surface area (Å²) in [5.74, 6) is 0.890. The van der Waals surface area contributed by atoms with E-state index >= 15 is 0 Å². The molecule has 0 bridgehead atoms. The fraction of sp³-hybridized carbons (Fsp3) is 0.417. The fourth-order valence-corrected chi connectivity index (χ4v) is 3.73. The van der Waals surface area contributed by atoms with Crippen molar-refractivity contribution in [3.05, 3.63) is 53.6 Å². The van der Waals surface area contributed by atoms with Crippen LogP contribution in [0.25, 0.3) is 0 Å². The first kappa shape index (κ1) is 23.4. The van der Waals surface area contributed by atoms with E-state index in [1.54, 1.807) is 21.9 Å². The molecule has 1 N–H and O–H groups in total. The number of ether oxygens (including phenoxy) is 3. The highest BCUT2D eigenvalue weighted by molar-refractivity contribution is 5.97. The van der Waals surface area contributed by atoms with Crippen molar-refractivity contribution in [3.63, 3.8) is 0 Å². The molecule has 32 heavy (non-hydrogen) atoms. The molecule has 0 atom stereocenters. The number of hydrogen-bond donors (Lipinski definition) is 1. The van der Waals surface area contributed by atoms with Gasteiger partial charge in [-0.05, 0) is 24.1 Å². The van der Waals surface area contributed by atoms with Gasteiger partial charge >= 0.3 is 0 Å². The number of methoxy groups -OCH3 is 3. The Morgan fingerprint density at radius 3 is 2.16 bits per heavy atom. The number of carbonyl (C=O) groups is 2. The van der Waals surface area contributed by atoms with E-state index in [2.05, 4.69) is 5.32 Å². The predicted molar refractivity (Wildman–Crippen MR) is 122 cm³/mol. The molecule has 1 saturated heterocycles. The lowest BCUT2D eigenvalue weighted by molar-refractivity contribution is -0.132. The molecule has 1 aliphatic heterocycles. The zero-order valence-corrected chi connectivity index (χ0v) is 18.9. The molecule has 172 valence electrons. The van der Waals surface area contributed by atoms with Crippen LogP contribution in [0.1, 0.15) is 15.9 Å². The first-order valence-corrected chi connectivity index (χ1v) is 10.7. The van der Waals surface area contributed by atoms with E-state index in [4.69, 9.17) is 14.2 Å². The molecule has 8 nitrogen and oxygen atoms in total. The molecule has 1 heterocycles. The van der Waals surface area contributed by atoms with E-state index in [-0.39, 0.29) is 18.4 Å². The smallest absolute Gasteiger partial charge is 0.254 e. The van der Waals surface area contributed by atoms with Gasteiger partial charge in [-0.1, -0.05) is 30.3 Å². The maximum absolute atomic E-state index is 13.5. The largest absolute Gasteiger partial charge is 0.493 e. The van der Waals surface area contributed by atoms with Crippen molar-refractivity contribution in [1.82, 2.24) is 15.1 Å². The van der Waals surface area contributed by atoms with E-state index in [1.807, 2.05) is 30.3 Å². The predicted octanol–water partition coefficient (Wildman–Crippen LogP) is 1.83. The van der Waals surface area contributed by atoms with Crippen LogP contribution in [-0.2, 0) is 11.2 Å². The van der Waals surface area contributed by atoms with E-state index in [9.17, 15) is 9.59 Å². The number of hydrogen-bond acceptors (Lipinski definition) is 6. The van der Waals surface area contributed by atoms with Crippen molar-refractivity contribution in [2.24, 2.45) is 0 Å². The number of carbonyl (C=O) groups excluding carboxylic acids is 2. The summed E-state index contributed by atoms with van der Waals surface area (Å²) in [6.07, 6.45) is 0.645. The third-order valence-electron chi connectivity index (χ3n) is 5.51. The van der Waals surface area contributed by atoms with E-state index < -0.39 is 0 Å². The minimum absolute atomic E-state index is 0.0162. The molecule has 2 aromatic carbocycles. The lowest BCUT2D eigenvalue weighted by atomic mass is 10.1. The van der Waals surface area contributed by atoms with Gasteiger partial charge in [0.1, 0.15) is 6.54 Å². The summed E-state index contributed by atoms with van der Waals surface area (Å²) in [4.78, 5) is 29.8. The molecular formula is C24H31N3O5. The number of nitrogens with zero attached hydrogens (tertiary/aromatic N) is 2. The van der Waals surface area contributed by atoms with Gasteiger partial charge in [0, 0.05) is 38.3 Å². The molecule has 3 rings (SSSR count). The third-order valence-corrected chi connectivity index (χ3v) is 5.51. The molecule has 1 aliphatic rings. The van der Waals surface area contributed by atoms with Crippen molar-refractivity contribution >= 4 is 11.8 Å². The third kappa shape index (κ3) is 5.70. The Balaban J connectivity index is 1.85. The van der Waals surface area contributed by atoms with Crippen LogP contribution in [0.2, 0.25) is 0 Å². The van der Waals surface area contributed by atoms with Crippen molar-refractivity contribution in [3.8, 4) is 17.2 Å². The van der Waals surface area contributed by atoms with E-state index in [1.165, 1.54) is 21.3 Å². The fourth-order valence-electron chi connectivity index (χ4n) is 3.73. The molecular weight excluding hydrogens is 410 g/mol. The standard InChI is InChI=1S/C24H31N3O5/c1-30-20-15-19(16-21(31-2)23(20)32-3)24(29)27(12-9-18-7-5-4-6-8-18)17-22(28)26-13-10-25-11-14-26/h4-8,15-16,25H,9-14,17H2,1-3H3. The Bertz CT molecular complexity index is 888. The maximum Gasteiger partial charge on any atom is 0.254 e. The van der Waals surface area contributed by atoms with Crippen LogP contribution in [0.3, 0.4) is 0 Å². The van der Waals surface area contributed by atoms with Crippen molar-refractivity contribution < 1.29 is 23.8 Å². The summed E-state index contributed by atoms with van der Waals surface area (Å²) in [7, 11) is 4.53. The molecule has 2 aromatic rings. The number of piperazine rings is 1. The maximum atomic E-state index is 13.5. The SMILES string of the molecule is COc1cc(C(=O)N(CCc2ccccc2)CC(=O)N2CCNCC2)cc(OC)c1OC. The monoisotopic (exact) mass is 441 g/mol. The minimum Gasteiger partial charge on any atom is -0.493 e. The van der Waals surface area contributed by atoms with Crippen LogP contribution < -0.4 is 19.5 Å². The number of rotatable bonds is 9. The summed E-state index contributed by atoms with van der Waals surface area (Å²) in [6.45, 7) is 3.24. The second-order valence-corrected chi connectivity index (χ2v) is 7.51. The van der Waals surface area contributed by atoms with Crippen LogP contribution in [0.15, 0.2) is 42.5 Å². The highest BCUT2D eigenvalue weighted by atomic mass is 16.5. The van der Waals surface area contributed by atoms with Gasteiger partial charge in [0.2, 0.25) is 11.7 Å². The van der Waals surface area contributed by atoms with E-state index in [0.29, 0.717) is 48.9 Å². The summed E-state index contributed by atoms with van der Waals surface area (Å²) in [6, 6.07) is 13.2. The van der Waals surface area contributed by atoms with Gasteiger partial charge in [-0.15, -0.1) is 0 Å². The minimum atomic E-state index is -0.260. The highest BCUT2D eigenvalue weighted by Crippen LogP contribution is 2.38. The summed E-state index contributed by atoms with van der Waals surface area (Å²) in [5.41, 5.74) is 1.48. The molecule has 0 aromatic heterocycles. The van der Waals surface area contributed by atoms with Crippen molar-refractivity contribution in [2.45, 2.75) is 6.42 Å². The molecule has 1 fully saturated rings. The zero-order chi connectivity index (χ0) is 22.9. The van der Waals surface area contributed by atoms with Crippen LogP contribution in [0.4, 0.5) is 0 Å². The summed E-state index contributed by atoms with van der Waals surface area (Å²) >= 11 is 0. The molecule has 0 aliphatic carbocycles. The van der Waals surface area contributed by atoms with Gasteiger partial charge < -0.3 is 29.3 Å². The highest BCUT2D eigenvalue weighted by Gasteiger charge is 2.25. The molecule has 0 radical (unpaired) electrons. The van der Waals surface area contributed by atoms with Gasteiger partial charge in [0.25, 0.3) is 5.91 Å². The van der Waals surface area contributed by atoms with Crippen LogP contribution in [0, 0.1) is 0 Å². The lowest BCUT2D eigenvalue weighted by Gasteiger charge is -2.30. The topological polar surface area (TPSA) is 80.3 Å². The molecule has 0 spiro atoms. The van der Waals surface area contributed by atoms with Gasteiger partial charge in [0.05, 0.1) is 21.3 Å². The first-order valence-electron chi connectivity index (χ1n) is 10.7. The molecule has 2 amide bonds. The quantitative estimate of drug-likeness (QED) is 0.640. The van der Waals surface area contributed by atoms with Gasteiger partial charge in [-0.2, -0.15) is 0 Å². The Hall–Kier alpha value is -3.26. The van der Waals surface area contributed by atoms with Gasteiger partial charge in [0.15, 0.2) is 11.5 Å². The van der Waals surface area contributed by atoms with Gasteiger partial charge in [-0.3, -0.25) is 9.59 Å². The number of benzene rings is 2. The Morgan fingerprint density at radius 2 is 1.59 bits per heavy atom. The molecule has 0 unspecified atom stereocenters. The Morgan fingerprint density at radius 1 is 0.969 bits per heavy atom. The second-order valence-electron chi connectivity index (χ2n) is 7.51. The Labute approximate surface area is 189 Å². The first-order chi connectivity index (χ1) is 15.6.